The molecule has 0 spiro atoms. The maximum absolute atomic E-state index is 11.6. The fraction of sp³-hybridized carbons (Fsp3) is 0.188. The van der Waals surface area contributed by atoms with E-state index in [0.717, 1.165) is 11.1 Å². The van der Waals surface area contributed by atoms with E-state index in [4.69, 9.17) is 9.84 Å². The van der Waals surface area contributed by atoms with Crippen molar-refractivity contribution in [3.8, 4) is 11.3 Å². The zero-order valence-corrected chi connectivity index (χ0v) is 14.4. The van der Waals surface area contributed by atoms with Crippen molar-refractivity contribution in [2.45, 2.75) is 6.42 Å². The third-order valence-corrected chi connectivity index (χ3v) is 3.97. The summed E-state index contributed by atoms with van der Waals surface area (Å²) in [6.45, 7) is -0.513. The lowest BCUT2D eigenvalue weighted by molar-refractivity contribution is -0.135. The van der Waals surface area contributed by atoms with Gasteiger partial charge in [-0.1, -0.05) is 35.4 Å². The van der Waals surface area contributed by atoms with Gasteiger partial charge in [0.2, 0.25) is 0 Å². The van der Waals surface area contributed by atoms with Crippen LogP contribution in [0.5, 0.6) is 0 Å². The summed E-state index contributed by atoms with van der Waals surface area (Å²) in [5, 5.41) is 26.7. The molecule has 142 valence electrons. The predicted molar refractivity (Wildman–Crippen MR) is 93.5 cm³/mol. The van der Waals surface area contributed by atoms with Crippen molar-refractivity contribution in [2.75, 3.05) is 13.2 Å². The smallest absolute Gasteiger partial charge is 0.407 e. The SMILES string of the molecule is O=C(O)CNC(=O)OCCc1c(-c2ccccc2)n2nnnc2n2ncnc12. The van der Waals surface area contributed by atoms with E-state index in [2.05, 4.69) is 30.9 Å². The number of nitrogens with one attached hydrogen (secondary N) is 1. The molecule has 0 unspecified atom stereocenters. The molecule has 4 aromatic rings. The van der Waals surface area contributed by atoms with Gasteiger partial charge in [0.05, 0.1) is 12.3 Å². The summed E-state index contributed by atoms with van der Waals surface area (Å²) in [7, 11) is 0. The van der Waals surface area contributed by atoms with E-state index in [1.165, 1.54) is 10.8 Å². The highest BCUT2D eigenvalue weighted by molar-refractivity contribution is 5.76. The van der Waals surface area contributed by atoms with Crippen molar-refractivity contribution in [1.82, 2.24) is 40.0 Å². The third kappa shape index (κ3) is 3.18. The molecule has 0 aliphatic carbocycles. The number of hydrogen-bond donors (Lipinski definition) is 2. The van der Waals surface area contributed by atoms with Gasteiger partial charge >= 0.3 is 12.1 Å². The van der Waals surface area contributed by atoms with Crippen LogP contribution in [0.1, 0.15) is 5.56 Å². The molecule has 0 fully saturated rings. The van der Waals surface area contributed by atoms with Crippen LogP contribution in [0.15, 0.2) is 36.7 Å². The zero-order valence-electron chi connectivity index (χ0n) is 14.4. The van der Waals surface area contributed by atoms with E-state index in [9.17, 15) is 9.59 Å². The van der Waals surface area contributed by atoms with Crippen molar-refractivity contribution in [3.05, 3.63) is 42.2 Å². The van der Waals surface area contributed by atoms with Gasteiger partial charge in [0.25, 0.3) is 5.78 Å². The van der Waals surface area contributed by atoms with Gasteiger partial charge in [-0.15, -0.1) is 0 Å². The largest absolute Gasteiger partial charge is 0.480 e. The van der Waals surface area contributed by atoms with Crippen molar-refractivity contribution >= 4 is 23.5 Å². The van der Waals surface area contributed by atoms with Crippen LogP contribution >= 0.6 is 0 Å². The van der Waals surface area contributed by atoms with Crippen LogP contribution in [0.25, 0.3) is 22.7 Å². The summed E-state index contributed by atoms with van der Waals surface area (Å²) in [6.07, 6.45) is 0.871. The monoisotopic (exact) mass is 382 g/mol. The number of carboxylic acids is 1. The normalized spacial score (nSPS) is 11.0. The van der Waals surface area contributed by atoms with Crippen LogP contribution in [0.4, 0.5) is 4.79 Å². The number of tetrazole rings is 1. The van der Waals surface area contributed by atoms with Crippen LogP contribution in [0.3, 0.4) is 0 Å². The van der Waals surface area contributed by atoms with Crippen LogP contribution < -0.4 is 5.32 Å². The highest BCUT2D eigenvalue weighted by Gasteiger charge is 2.20. The van der Waals surface area contributed by atoms with E-state index in [1.807, 2.05) is 30.3 Å². The van der Waals surface area contributed by atoms with Crippen LogP contribution in [0.2, 0.25) is 0 Å². The first-order valence-corrected chi connectivity index (χ1v) is 8.25. The molecule has 1 amide bonds. The Bertz CT molecular complexity index is 1150. The average Bonchev–Trinajstić information content (AvgIpc) is 3.36. The van der Waals surface area contributed by atoms with Crippen molar-refractivity contribution in [2.24, 2.45) is 0 Å². The standard InChI is InChI=1S/C16H14N8O4/c25-12(26)8-17-16(27)28-7-6-11-13(10-4-2-1-3-5-10)23-15(20-21-22-23)24-14(11)18-9-19-24/h1-5,9H,6-8H2,(H,17,27)(H,25,26). The average molecular weight is 382 g/mol. The Balaban J connectivity index is 1.70. The third-order valence-electron chi connectivity index (χ3n) is 3.97. The molecule has 3 aromatic heterocycles. The number of aromatic nitrogens is 7. The number of rotatable bonds is 6. The first kappa shape index (κ1) is 17.3. The number of fused-ring (bicyclic) bond motifs is 3. The maximum Gasteiger partial charge on any atom is 0.407 e. The molecular weight excluding hydrogens is 368 g/mol. The molecule has 0 saturated carbocycles. The van der Waals surface area contributed by atoms with Crippen LogP contribution in [0, 0.1) is 0 Å². The molecule has 1 aromatic carbocycles. The molecule has 0 radical (unpaired) electrons. The summed E-state index contributed by atoms with van der Waals surface area (Å²) >= 11 is 0. The maximum atomic E-state index is 11.6. The Morgan fingerprint density at radius 1 is 1.18 bits per heavy atom. The van der Waals surface area contributed by atoms with E-state index >= 15 is 0 Å². The first-order chi connectivity index (χ1) is 13.6. The number of ether oxygens (including phenoxy) is 1. The van der Waals surface area contributed by atoms with Gasteiger partial charge in [-0.05, 0) is 10.4 Å². The summed E-state index contributed by atoms with van der Waals surface area (Å²) < 4.78 is 8.13. The van der Waals surface area contributed by atoms with Gasteiger partial charge in [-0.2, -0.15) is 14.1 Å². The number of amides is 1. The molecule has 0 saturated heterocycles. The summed E-state index contributed by atoms with van der Waals surface area (Å²) in [5.74, 6) is -0.757. The van der Waals surface area contributed by atoms with Gasteiger partial charge in [-0.25, -0.2) is 9.78 Å². The topological polar surface area (TPSA) is 149 Å². The molecule has 3 heterocycles. The molecule has 28 heavy (non-hydrogen) atoms. The summed E-state index contributed by atoms with van der Waals surface area (Å²) in [5.41, 5.74) is 2.83. The Labute approximate surface area is 156 Å². The minimum absolute atomic E-state index is 0.00143. The fourth-order valence-corrected chi connectivity index (χ4v) is 2.85. The number of hydrogen-bond acceptors (Lipinski definition) is 8. The Hall–Kier alpha value is -4.09. The number of carboxylic acid groups (broad SMARTS) is 1. The van der Waals surface area contributed by atoms with Gasteiger partial charge in [-0.3, -0.25) is 4.79 Å². The summed E-state index contributed by atoms with van der Waals surface area (Å²) in [6, 6.07) is 9.49. The fourth-order valence-electron chi connectivity index (χ4n) is 2.85. The van der Waals surface area contributed by atoms with Crippen LogP contribution in [-0.4, -0.2) is 65.0 Å². The lowest BCUT2D eigenvalue weighted by Gasteiger charge is -2.13. The predicted octanol–water partition coefficient (Wildman–Crippen LogP) is 0.187. The minimum Gasteiger partial charge on any atom is -0.480 e. The molecule has 0 aliphatic heterocycles. The molecule has 2 N–H and O–H groups in total. The second-order valence-corrected chi connectivity index (χ2v) is 5.71. The van der Waals surface area contributed by atoms with Crippen molar-refractivity contribution < 1.29 is 19.4 Å². The quantitative estimate of drug-likeness (QED) is 0.476. The van der Waals surface area contributed by atoms with Crippen molar-refractivity contribution in [1.29, 1.82) is 0 Å². The van der Waals surface area contributed by atoms with E-state index in [-0.39, 0.29) is 6.61 Å². The Kier molecular flexibility index (Phi) is 4.50. The highest BCUT2D eigenvalue weighted by Crippen LogP contribution is 2.27. The Morgan fingerprint density at radius 3 is 2.79 bits per heavy atom. The first-order valence-electron chi connectivity index (χ1n) is 8.25. The lowest BCUT2D eigenvalue weighted by Crippen LogP contribution is -2.30. The second kappa shape index (κ2) is 7.26. The van der Waals surface area contributed by atoms with E-state index < -0.39 is 18.6 Å². The number of nitrogens with zero attached hydrogens (tertiary/aromatic N) is 7. The number of carbonyl (C=O) groups excluding carboxylic acids is 1. The number of carbonyl (C=O) groups is 2. The van der Waals surface area contributed by atoms with E-state index in [0.29, 0.717) is 23.5 Å². The molecular formula is C16H14N8O4. The van der Waals surface area contributed by atoms with E-state index in [1.54, 1.807) is 4.52 Å². The Morgan fingerprint density at radius 2 is 2.00 bits per heavy atom. The van der Waals surface area contributed by atoms with Gasteiger partial charge in [0.1, 0.15) is 12.9 Å². The lowest BCUT2D eigenvalue weighted by atomic mass is 10.0. The zero-order chi connectivity index (χ0) is 19.5. The number of benzene rings is 1. The molecule has 0 atom stereocenters. The van der Waals surface area contributed by atoms with Gasteiger partial charge < -0.3 is 15.2 Å². The van der Waals surface area contributed by atoms with Crippen LogP contribution in [-0.2, 0) is 16.0 Å². The molecule has 12 nitrogen and oxygen atoms in total. The second-order valence-electron chi connectivity index (χ2n) is 5.71. The molecule has 12 heteroatoms. The number of alkyl carbamates (subject to hydrolysis) is 1. The summed E-state index contributed by atoms with van der Waals surface area (Å²) in [4.78, 5) is 26.4. The van der Waals surface area contributed by atoms with Crippen molar-refractivity contribution in [3.63, 3.8) is 0 Å². The van der Waals surface area contributed by atoms with Gasteiger partial charge in [0.15, 0.2) is 5.65 Å². The highest BCUT2D eigenvalue weighted by atomic mass is 16.5. The number of aliphatic carboxylic acids is 1. The molecule has 0 aliphatic rings. The minimum atomic E-state index is -1.15. The molecule has 4 rings (SSSR count). The van der Waals surface area contributed by atoms with Gasteiger partial charge in [0, 0.05) is 17.5 Å². The molecule has 0 bridgehead atoms.